The van der Waals surface area contributed by atoms with E-state index in [2.05, 4.69) is 25.8 Å². The molecule has 3 atom stereocenters. The Morgan fingerprint density at radius 2 is 2.20 bits per heavy atom. The zero-order valence-corrected chi connectivity index (χ0v) is 12.9. The summed E-state index contributed by atoms with van der Waals surface area (Å²) >= 11 is 6.03. The van der Waals surface area contributed by atoms with Gasteiger partial charge in [0.2, 0.25) is 0 Å². The van der Waals surface area contributed by atoms with Crippen molar-refractivity contribution in [3.8, 4) is 0 Å². The van der Waals surface area contributed by atoms with Gasteiger partial charge in [0, 0.05) is 17.8 Å². The second-order valence-corrected chi connectivity index (χ2v) is 7.27. The molecule has 2 aliphatic carbocycles. The smallest absolute Gasteiger partial charge is 0.341 e. The second kappa shape index (κ2) is 4.45. The fourth-order valence-electron chi connectivity index (χ4n) is 4.03. The minimum Gasteiger partial charge on any atom is -0.458 e. The molecule has 2 saturated carbocycles. The van der Waals surface area contributed by atoms with Gasteiger partial charge in [-0.3, -0.25) is 4.98 Å². The van der Waals surface area contributed by atoms with Gasteiger partial charge >= 0.3 is 5.97 Å². The normalized spacial score (nSPS) is 34.2. The lowest BCUT2D eigenvalue weighted by Crippen LogP contribution is -2.38. The Morgan fingerprint density at radius 1 is 1.45 bits per heavy atom. The van der Waals surface area contributed by atoms with Crippen LogP contribution in [0, 0.1) is 16.7 Å². The van der Waals surface area contributed by atoms with Crippen LogP contribution in [-0.2, 0) is 4.74 Å². The summed E-state index contributed by atoms with van der Waals surface area (Å²) in [4.78, 5) is 16.3. The van der Waals surface area contributed by atoms with Crippen LogP contribution in [0.2, 0.25) is 5.02 Å². The molecule has 0 N–H and O–H groups in total. The van der Waals surface area contributed by atoms with E-state index in [9.17, 15) is 4.79 Å². The SMILES string of the molecule is CC1(C)C2CCC1(C)C(OC(=O)c1cnccc1Cl)C2. The molecule has 3 rings (SSSR count). The highest BCUT2D eigenvalue weighted by molar-refractivity contribution is 6.33. The summed E-state index contributed by atoms with van der Waals surface area (Å²) < 4.78 is 5.79. The Balaban J connectivity index is 1.81. The highest BCUT2D eigenvalue weighted by Gasteiger charge is 2.62. The molecule has 4 heteroatoms. The highest BCUT2D eigenvalue weighted by atomic mass is 35.5. The second-order valence-electron chi connectivity index (χ2n) is 6.86. The molecule has 0 saturated heterocycles. The van der Waals surface area contributed by atoms with Crippen molar-refractivity contribution in [3.05, 3.63) is 29.0 Å². The predicted octanol–water partition coefficient (Wildman–Crippen LogP) is 4.11. The van der Waals surface area contributed by atoms with E-state index in [0.29, 0.717) is 16.5 Å². The first kappa shape index (κ1) is 13.9. The lowest BCUT2D eigenvalue weighted by Gasteiger charge is -2.38. The molecular formula is C16H20ClNO2. The van der Waals surface area contributed by atoms with Crippen molar-refractivity contribution >= 4 is 17.6 Å². The van der Waals surface area contributed by atoms with E-state index < -0.39 is 0 Å². The van der Waals surface area contributed by atoms with Gasteiger partial charge in [-0.2, -0.15) is 0 Å². The van der Waals surface area contributed by atoms with Crippen LogP contribution in [0.15, 0.2) is 18.5 Å². The Hall–Kier alpha value is -1.09. The number of hydrogen-bond donors (Lipinski definition) is 0. The molecule has 108 valence electrons. The summed E-state index contributed by atoms with van der Waals surface area (Å²) in [6.07, 6.45) is 6.37. The lowest BCUT2D eigenvalue weighted by molar-refractivity contribution is -0.0242. The van der Waals surface area contributed by atoms with Crippen LogP contribution in [0.5, 0.6) is 0 Å². The number of hydrogen-bond acceptors (Lipinski definition) is 3. The van der Waals surface area contributed by atoms with E-state index in [1.54, 1.807) is 12.3 Å². The van der Waals surface area contributed by atoms with Gasteiger partial charge in [-0.15, -0.1) is 0 Å². The Kier molecular flexibility index (Phi) is 3.09. The summed E-state index contributed by atoms with van der Waals surface area (Å²) in [5.41, 5.74) is 0.664. The van der Waals surface area contributed by atoms with Gasteiger partial charge in [0.05, 0.1) is 10.6 Å². The number of ether oxygens (including phenoxy) is 1. The van der Waals surface area contributed by atoms with Gasteiger partial charge < -0.3 is 4.74 Å². The summed E-state index contributed by atoms with van der Waals surface area (Å²) in [6, 6.07) is 1.62. The van der Waals surface area contributed by atoms with Crippen LogP contribution in [0.4, 0.5) is 0 Å². The Morgan fingerprint density at radius 3 is 2.75 bits per heavy atom. The fraction of sp³-hybridized carbons (Fsp3) is 0.625. The summed E-state index contributed by atoms with van der Waals surface area (Å²) in [5.74, 6) is 0.298. The van der Waals surface area contributed by atoms with Gasteiger partial charge in [0.25, 0.3) is 0 Å². The third kappa shape index (κ3) is 1.79. The molecular weight excluding hydrogens is 274 g/mol. The van der Waals surface area contributed by atoms with E-state index in [-0.39, 0.29) is 22.9 Å². The molecule has 1 aromatic heterocycles. The van der Waals surface area contributed by atoms with Crippen molar-refractivity contribution in [2.24, 2.45) is 16.7 Å². The standard InChI is InChI=1S/C16H20ClNO2/c1-15(2)10-4-6-16(15,3)13(8-10)20-14(19)11-9-18-7-5-12(11)17/h5,7,9-10,13H,4,6,8H2,1-3H3. The average Bonchev–Trinajstić information content (AvgIpc) is 2.72. The number of esters is 1. The van der Waals surface area contributed by atoms with Crippen LogP contribution < -0.4 is 0 Å². The number of carbonyl (C=O) groups excluding carboxylic acids is 1. The maximum atomic E-state index is 12.3. The van der Waals surface area contributed by atoms with Crippen molar-refractivity contribution in [1.82, 2.24) is 4.98 Å². The molecule has 2 aliphatic rings. The third-order valence-electron chi connectivity index (χ3n) is 5.95. The van der Waals surface area contributed by atoms with Gasteiger partial charge in [-0.25, -0.2) is 4.79 Å². The molecule has 1 aromatic rings. The number of carbonyl (C=O) groups is 1. The largest absolute Gasteiger partial charge is 0.458 e. The number of fused-ring (bicyclic) bond motifs is 2. The quantitative estimate of drug-likeness (QED) is 0.770. The fourth-order valence-corrected chi connectivity index (χ4v) is 4.21. The molecule has 20 heavy (non-hydrogen) atoms. The number of rotatable bonds is 2. The van der Waals surface area contributed by atoms with Gasteiger partial charge in [-0.05, 0) is 36.7 Å². The minimum absolute atomic E-state index is 0.0139. The van der Waals surface area contributed by atoms with Crippen LogP contribution in [0.1, 0.15) is 50.4 Å². The van der Waals surface area contributed by atoms with E-state index in [1.165, 1.54) is 12.6 Å². The van der Waals surface area contributed by atoms with E-state index in [4.69, 9.17) is 16.3 Å². The zero-order valence-electron chi connectivity index (χ0n) is 12.1. The van der Waals surface area contributed by atoms with Crippen LogP contribution in [0.3, 0.4) is 0 Å². The first-order chi connectivity index (χ1) is 9.36. The van der Waals surface area contributed by atoms with Crippen LogP contribution >= 0.6 is 11.6 Å². The Bertz CT molecular complexity index is 557. The molecule has 0 amide bonds. The molecule has 0 aromatic carbocycles. The molecule has 2 bridgehead atoms. The first-order valence-electron chi connectivity index (χ1n) is 7.17. The van der Waals surface area contributed by atoms with E-state index >= 15 is 0 Å². The van der Waals surface area contributed by atoms with E-state index in [0.717, 1.165) is 12.8 Å². The van der Waals surface area contributed by atoms with Gasteiger partial charge in [0.15, 0.2) is 0 Å². The monoisotopic (exact) mass is 293 g/mol. The number of nitrogens with zero attached hydrogens (tertiary/aromatic N) is 1. The topological polar surface area (TPSA) is 39.2 Å². The molecule has 1 heterocycles. The van der Waals surface area contributed by atoms with Crippen molar-refractivity contribution in [1.29, 1.82) is 0 Å². The number of aromatic nitrogens is 1. The van der Waals surface area contributed by atoms with E-state index in [1.807, 2.05) is 0 Å². The van der Waals surface area contributed by atoms with Gasteiger partial charge in [0.1, 0.15) is 6.10 Å². The lowest BCUT2D eigenvalue weighted by atomic mass is 9.70. The highest BCUT2D eigenvalue weighted by Crippen LogP contribution is 2.66. The summed E-state index contributed by atoms with van der Waals surface area (Å²) in [7, 11) is 0. The third-order valence-corrected chi connectivity index (χ3v) is 6.28. The van der Waals surface area contributed by atoms with Crippen LogP contribution in [0.25, 0.3) is 0 Å². The molecule has 3 unspecified atom stereocenters. The van der Waals surface area contributed by atoms with Gasteiger partial charge in [-0.1, -0.05) is 32.4 Å². The maximum Gasteiger partial charge on any atom is 0.341 e. The summed E-state index contributed by atoms with van der Waals surface area (Å²) in [5, 5.41) is 0.401. The van der Waals surface area contributed by atoms with Crippen molar-refractivity contribution in [3.63, 3.8) is 0 Å². The molecule has 0 radical (unpaired) electrons. The molecule has 3 nitrogen and oxygen atoms in total. The number of pyridine rings is 1. The summed E-state index contributed by atoms with van der Waals surface area (Å²) in [6.45, 7) is 6.86. The number of halogens is 1. The Labute approximate surface area is 124 Å². The maximum absolute atomic E-state index is 12.3. The van der Waals surface area contributed by atoms with Crippen molar-refractivity contribution < 1.29 is 9.53 Å². The van der Waals surface area contributed by atoms with Crippen LogP contribution in [-0.4, -0.2) is 17.1 Å². The van der Waals surface area contributed by atoms with Crippen molar-refractivity contribution in [2.45, 2.75) is 46.1 Å². The predicted molar refractivity (Wildman–Crippen MR) is 77.7 cm³/mol. The zero-order chi connectivity index (χ0) is 14.5. The minimum atomic E-state index is -0.349. The average molecular weight is 294 g/mol. The molecule has 2 fully saturated rings. The molecule has 0 aliphatic heterocycles. The molecule has 0 spiro atoms. The first-order valence-corrected chi connectivity index (χ1v) is 7.54. The van der Waals surface area contributed by atoms with Crippen molar-refractivity contribution in [2.75, 3.05) is 0 Å².